The lowest BCUT2D eigenvalue weighted by Crippen LogP contribution is -2.61. The number of rotatable bonds is 2. The van der Waals surface area contributed by atoms with Crippen molar-refractivity contribution < 1.29 is 4.42 Å². The van der Waals surface area contributed by atoms with E-state index >= 15 is 0 Å². The van der Waals surface area contributed by atoms with E-state index < -0.39 is 0 Å². The second-order valence-electron chi connectivity index (χ2n) is 15.5. The first-order valence-electron chi connectivity index (χ1n) is 19.6. The molecule has 58 heavy (non-hydrogen) atoms. The second-order valence-corrected chi connectivity index (χ2v) is 16.6. The molecule has 5 nitrogen and oxygen atoms in total. The average molecular weight is 755 g/mol. The molecule has 266 valence electrons. The lowest BCUT2D eigenvalue weighted by molar-refractivity contribution is 0.669. The van der Waals surface area contributed by atoms with E-state index in [-0.39, 0.29) is 6.71 Å². The molecule has 0 N–H and O–H groups in total. The van der Waals surface area contributed by atoms with Crippen LogP contribution in [0, 0.1) is 11.3 Å². The van der Waals surface area contributed by atoms with Crippen LogP contribution in [0.5, 0.6) is 0 Å². The van der Waals surface area contributed by atoms with Gasteiger partial charge in [-0.05, 0) is 76.6 Å². The van der Waals surface area contributed by atoms with Crippen LogP contribution in [-0.2, 0) is 0 Å². The molecule has 14 rings (SSSR count). The van der Waals surface area contributed by atoms with E-state index in [1.54, 1.807) is 0 Å². The highest BCUT2D eigenvalue weighted by molar-refractivity contribution is 7.33. The van der Waals surface area contributed by atoms with Gasteiger partial charge in [-0.3, -0.25) is 0 Å². The van der Waals surface area contributed by atoms with Gasteiger partial charge in [0.15, 0.2) is 5.58 Å². The lowest BCUT2D eigenvalue weighted by atomic mass is 9.36. The molecule has 6 heterocycles. The van der Waals surface area contributed by atoms with E-state index in [1.807, 2.05) is 23.5 Å². The third kappa shape index (κ3) is 3.72. The molecule has 0 aliphatic carbocycles. The summed E-state index contributed by atoms with van der Waals surface area (Å²) in [7, 11) is 0. The van der Waals surface area contributed by atoms with Crippen LogP contribution in [0.1, 0.15) is 5.56 Å². The van der Waals surface area contributed by atoms with E-state index in [4.69, 9.17) is 4.42 Å². The first kappa shape index (κ1) is 30.7. The molecule has 0 radical (unpaired) electrons. The molecule has 3 aliphatic rings. The number of fused-ring (bicyclic) bond motifs is 14. The minimum absolute atomic E-state index is 0.0785. The first-order chi connectivity index (χ1) is 28.7. The summed E-state index contributed by atoms with van der Waals surface area (Å²) < 4.78 is 11.8. The van der Waals surface area contributed by atoms with Crippen LogP contribution in [0.4, 0.5) is 34.1 Å². The summed E-state index contributed by atoms with van der Waals surface area (Å²) in [5.41, 5.74) is 17.0. The van der Waals surface area contributed by atoms with Gasteiger partial charge in [0.1, 0.15) is 5.58 Å². The van der Waals surface area contributed by atoms with Crippen molar-refractivity contribution in [2.75, 3.05) is 9.80 Å². The van der Waals surface area contributed by atoms with Gasteiger partial charge in [-0.2, -0.15) is 5.26 Å². The number of benzene rings is 8. The van der Waals surface area contributed by atoms with Crippen molar-refractivity contribution in [2.24, 2.45) is 0 Å². The third-order valence-corrected chi connectivity index (χ3v) is 13.9. The Morgan fingerprint density at radius 1 is 0.534 bits per heavy atom. The van der Waals surface area contributed by atoms with Crippen molar-refractivity contribution in [3.63, 3.8) is 0 Å². The molecule has 3 aromatic heterocycles. The monoisotopic (exact) mass is 754 g/mol. The Morgan fingerprint density at radius 3 is 2.10 bits per heavy atom. The Bertz CT molecular complexity index is 3680. The second kappa shape index (κ2) is 10.9. The van der Waals surface area contributed by atoms with Gasteiger partial charge in [-0.25, -0.2) is 0 Å². The normalized spacial score (nSPS) is 13.4. The molecule has 0 unspecified atom stereocenters. The molecule has 0 spiro atoms. The zero-order valence-electron chi connectivity index (χ0n) is 30.8. The summed E-state index contributed by atoms with van der Waals surface area (Å²) in [5, 5.41) is 16.7. The highest BCUT2D eigenvalue weighted by Gasteiger charge is 2.48. The van der Waals surface area contributed by atoms with Gasteiger partial charge >= 0.3 is 0 Å². The van der Waals surface area contributed by atoms with Crippen LogP contribution < -0.4 is 25.5 Å². The van der Waals surface area contributed by atoms with Crippen LogP contribution in [-0.4, -0.2) is 11.3 Å². The topological polar surface area (TPSA) is 48.3 Å². The van der Waals surface area contributed by atoms with E-state index in [2.05, 4.69) is 172 Å². The molecule has 3 aliphatic heterocycles. The quantitative estimate of drug-likeness (QED) is 0.165. The molecule has 11 aromatic rings. The number of nitrogens with zero attached hydrogens (tertiary/aromatic N) is 4. The predicted octanol–water partition coefficient (Wildman–Crippen LogP) is 11.8. The molecular formula is C51H27BN4OS. The van der Waals surface area contributed by atoms with Crippen LogP contribution >= 0.6 is 11.3 Å². The largest absolute Gasteiger partial charge is 0.454 e. The lowest BCUT2D eigenvalue weighted by Gasteiger charge is -2.45. The standard InChI is InChI=1S/C51H27BN4OS/c53-28-29-25-42-46-43(26-29)56(41-21-9-16-35-33-14-5-7-22-44(33)57-50(35)41)48-36-27-31(30-11-2-1-3-12-30)23-24-45(36)58-51(48)52(46)37-17-10-20-40-49(37)55(42)39-19-8-15-34-32-13-4-6-18-38(32)54(40)47(34)39/h1-27H. The van der Waals surface area contributed by atoms with E-state index in [9.17, 15) is 5.26 Å². The predicted molar refractivity (Wildman–Crippen MR) is 241 cm³/mol. The van der Waals surface area contributed by atoms with E-state index in [0.29, 0.717) is 5.56 Å². The molecule has 7 heteroatoms. The third-order valence-electron chi connectivity index (χ3n) is 12.7. The van der Waals surface area contributed by atoms with Crippen molar-refractivity contribution in [1.82, 2.24) is 4.57 Å². The van der Waals surface area contributed by atoms with Gasteiger partial charge in [0.05, 0.1) is 51.1 Å². The van der Waals surface area contributed by atoms with Gasteiger partial charge in [0, 0.05) is 47.8 Å². The van der Waals surface area contributed by atoms with Gasteiger partial charge in [0.2, 0.25) is 0 Å². The van der Waals surface area contributed by atoms with Crippen LogP contribution in [0.3, 0.4) is 0 Å². The number of anilines is 6. The fourth-order valence-corrected chi connectivity index (χ4v) is 11.7. The SMILES string of the molecule is N#Cc1cc2c3c(c1)N1c4c(cccc4-n4c5ccccc5c5cccc1c54)B3c1sc3ccc(-c4ccccc4)cc3c1N2c1cccc2c1oc1ccccc12. The summed E-state index contributed by atoms with van der Waals surface area (Å²) >= 11 is 1.88. The zero-order chi connectivity index (χ0) is 37.8. The van der Waals surface area contributed by atoms with Crippen LogP contribution in [0.2, 0.25) is 0 Å². The Kier molecular flexibility index (Phi) is 5.74. The van der Waals surface area contributed by atoms with Crippen molar-refractivity contribution in [2.45, 2.75) is 0 Å². The minimum atomic E-state index is -0.0785. The van der Waals surface area contributed by atoms with Gasteiger partial charge in [-0.15, -0.1) is 11.3 Å². The van der Waals surface area contributed by atoms with Crippen molar-refractivity contribution in [1.29, 1.82) is 5.26 Å². The summed E-state index contributed by atoms with van der Waals surface area (Å²) in [4.78, 5) is 4.87. The van der Waals surface area contributed by atoms with Crippen LogP contribution in [0.25, 0.3) is 70.6 Å². The fourth-order valence-electron chi connectivity index (χ4n) is 10.4. The summed E-state index contributed by atoms with van der Waals surface area (Å²) in [5.74, 6) is 0. The van der Waals surface area contributed by atoms with Gasteiger partial charge < -0.3 is 18.8 Å². The zero-order valence-corrected chi connectivity index (χ0v) is 31.6. The molecule has 0 saturated carbocycles. The van der Waals surface area contributed by atoms with Gasteiger partial charge in [-0.1, -0.05) is 109 Å². The maximum Gasteiger partial charge on any atom is 0.264 e. The highest BCUT2D eigenvalue weighted by Crippen LogP contribution is 2.54. The number of hydrogen-bond donors (Lipinski definition) is 0. The van der Waals surface area contributed by atoms with E-state index in [1.165, 1.54) is 64.4 Å². The number of aromatic nitrogens is 1. The smallest absolute Gasteiger partial charge is 0.264 e. The maximum absolute atomic E-state index is 10.9. The highest BCUT2D eigenvalue weighted by atomic mass is 32.1. The summed E-state index contributed by atoms with van der Waals surface area (Å²) in [6.07, 6.45) is 0. The minimum Gasteiger partial charge on any atom is -0.454 e. The maximum atomic E-state index is 10.9. The Labute approximate surface area is 336 Å². The summed E-state index contributed by atoms with van der Waals surface area (Å²) in [6, 6.07) is 61.4. The molecule has 0 amide bonds. The van der Waals surface area contributed by atoms with Crippen molar-refractivity contribution in [3.8, 4) is 22.9 Å². The molecule has 0 bridgehead atoms. The number of furan rings is 1. The molecule has 0 saturated heterocycles. The first-order valence-corrected chi connectivity index (χ1v) is 20.4. The average Bonchev–Trinajstić information content (AvgIpc) is 3.96. The Hall–Kier alpha value is -7.53. The molecular weight excluding hydrogens is 727 g/mol. The molecule has 0 atom stereocenters. The number of nitriles is 1. The molecule has 0 fully saturated rings. The Morgan fingerprint density at radius 2 is 1.24 bits per heavy atom. The molecule has 8 aromatic carbocycles. The van der Waals surface area contributed by atoms with Gasteiger partial charge in [0.25, 0.3) is 6.71 Å². The fraction of sp³-hybridized carbons (Fsp3) is 0. The van der Waals surface area contributed by atoms with Crippen LogP contribution in [0.15, 0.2) is 168 Å². The number of thiophene rings is 1. The van der Waals surface area contributed by atoms with Crippen molar-refractivity contribution in [3.05, 3.63) is 169 Å². The van der Waals surface area contributed by atoms with Crippen molar-refractivity contribution >= 4 is 122 Å². The number of hydrogen-bond acceptors (Lipinski definition) is 5. The van der Waals surface area contributed by atoms with E-state index in [0.717, 1.165) is 56.1 Å². The number of para-hydroxylation sites is 5. The summed E-state index contributed by atoms with van der Waals surface area (Å²) in [6.45, 7) is -0.0785. The Balaban J connectivity index is 1.15.